The van der Waals surface area contributed by atoms with Gasteiger partial charge in [0.25, 0.3) is 11.7 Å². The second-order valence-electron chi connectivity index (χ2n) is 7.40. The highest BCUT2D eigenvalue weighted by Gasteiger charge is 2.25. The molecular weight excluding hydrogens is 354 g/mol. The van der Waals surface area contributed by atoms with Gasteiger partial charge in [0.05, 0.1) is 5.56 Å². The van der Waals surface area contributed by atoms with Crippen LogP contribution in [-0.4, -0.2) is 46.2 Å². The molecule has 2 aromatic rings. The molecule has 0 spiro atoms. The Morgan fingerprint density at radius 2 is 1.75 bits per heavy atom. The van der Waals surface area contributed by atoms with E-state index in [1.54, 1.807) is 10.8 Å². The Bertz CT molecular complexity index is 861. The molecule has 1 saturated carbocycles. The molecular formula is C22H29N3O3. The van der Waals surface area contributed by atoms with Crippen LogP contribution < -0.4 is 5.32 Å². The standard InChI is InChI=1S/C22H29N3O3/c1-3-24(4-2)22(28)21(27)18-14-25(19-13-9-8-12-17(18)19)15-20(26)23-16-10-6-5-7-11-16/h8-9,12-14,16H,3-7,10-11,15H2,1-2H3,(H,23,26). The van der Waals surface area contributed by atoms with Crippen LogP contribution in [0.3, 0.4) is 0 Å². The van der Waals surface area contributed by atoms with E-state index in [2.05, 4.69) is 5.32 Å². The molecule has 150 valence electrons. The molecule has 1 fully saturated rings. The zero-order valence-electron chi connectivity index (χ0n) is 16.7. The van der Waals surface area contributed by atoms with Crippen molar-refractivity contribution >= 4 is 28.5 Å². The normalized spacial score (nSPS) is 14.8. The average Bonchev–Trinajstić information content (AvgIpc) is 3.07. The molecule has 0 atom stereocenters. The van der Waals surface area contributed by atoms with Crippen molar-refractivity contribution in [3.05, 3.63) is 36.0 Å². The first-order chi connectivity index (χ1) is 13.5. The maximum atomic E-state index is 12.8. The molecule has 1 heterocycles. The van der Waals surface area contributed by atoms with E-state index < -0.39 is 11.7 Å². The molecule has 0 radical (unpaired) electrons. The van der Waals surface area contributed by atoms with Crippen LogP contribution in [0.25, 0.3) is 10.9 Å². The number of carbonyl (C=O) groups is 3. The largest absolute Gasteiger partial charge is 0.352 e. The third kappa shape index (κ3) is 4.26. The summed E-state index contributed by atoms with van der Waals surface area (Å²) in [5.41, 5.74) is 1.15. The number of ketones is 1. The van der Waals surface area contributed by atoms with Crippen molar-refractivity contribution in [1.29, 1.82) is 0 Å². The number of nitrogens with one attached hydrogen (secondary N) is 1. The minimum absolute atomic E-state index is 0.0540. The monoisotopic (exact) mass is 383 g/mol. The van der Waals surface area contributed by atoms with E-state index in [0.29, 0.717) is 24.0 Å². The molecule has 1 N–H and O–H groups in total. The van der Waals surface area contributed by atoms with Crippen molar-refractivity contribution in [2.24, 2.45) is 0 Å². The number of benzene rings is 1. The lowest BCUT2D eigenvalue weighted by atomic mass is 9.95. The van der Waals surface area contributed by atoms with Crippen LogP contribution >= 0.6 is 0 Å². The zero-order valence-corrected chi connectivity index (χ0v) is 16.7. The maximum absolute atomic E-state index is 12.8. The number of rotatable bonds is 7. The van der Waals surface area contributed by atoms with Gasteiger partial charge in [-0.25, -0.2) is 0 Å². The second-order valence-corrected chi connectivity index (χ2v) is 7.40. The van der Waals surface area contributed by atoms with Crippen LogP contribution in [0.1, 0.15) is 56.3 Å². The Hall–Kier alpha value is -2.63. The van der Waals surface area contributed by atoms with Crippen molar-refractivity contribution in [3.8, 4) is 0 Å². The van der Waals surface area contributed by atoms with E-state index in [1.165, 1.54) is 11.3 Å². The van der Waals surface area contributed by atoms with Crippen LogP contribution in [0.4, 0.5) is 0 Å². The fourth-order valence-electron chi connectivity index (χ4n) is 4.00. The quantitative estimate of drug-likeness (QED) is 0.590. The lowest BCUT2D eigenvalue weighted by Gasteiger charge is -2.22. The predicted molar refractivity (Wildman–Crippen MR) is 109 cm³/mol. The number of Topliss-reactive ketones (excluding diaryl/α,β-unsaturated/α-hetero) is 1. The number of likely N-dealkylation sites (N-methyl/N-ethyl adjacent to an activating group) is 1. The number of amides is 2. The third-order valence-electron chi connectivity index (χ3n) is 5.56. The van der Waals surface area contributed by atoms with Crippen molar-refractivity contribution in [3.63, 3.8) is 0 Å². The summed E-state index contributed by atoms with van der Waals surface area (Å²) in [5, 5.41) is 3.82. The van der Waals surface area contributed by atoms with Gasteiger partial charge in [0, 0.05) is 36.2 Å². The molecule has 0 saturated heterocycles. The number of hydrogen-bond donors (Lipinski definition) is 1. The summed E-state index contributed by atoms with van der Waals surface area (Å²) in [5.74, 6) is -1.08. The Balaban J connectivity index is 1.83. The molecule has 6 heteroatoms. The number of fused-ring (bicyclic) bond motifs is 1. The fourth-order valence-corrected chi connectivity index (χ4v) is 4.00. The fraction of sp³-hybridized carbons (Fsp3) is 0.500. The Morgan fingerprint density at radius 1 is 1.07 bits per heavy atom. The van der Waals surface area contributed by atoms with Crippen molar-refractivity contribution in [1.82, 2.24) is 14.8 Å². The summed E-state index contributed by atoms with van der Waals surface area (Å²) in [6.45, 7) is 4.83. The molecule has 2 amide bonds. The average molecular weight is 383 g/mol. The van der Waals surface area contributed by atoms with Gasteiger partial charge >= 0.3 is 0 Å². The van der Waals surface area contributed by atoms with Crippen LogP contribution in [0.2, 0.25) is 0 Å². The highest BCUT2D eigenvalue weighted by atomic mass is 16.2. The van der Waals surface area contributed by atoms with Gasteiger partial charge < -0.3 is 14.8 Å². The van der Waals surface area contributed by atoms with Gasteiger partial charge in [0.15, 0.2) is 0 Å². The topological polar surface area (TPSA) is 71.4 Å². The molecule has 0 unspecified atom stereocenters. The summed E-state index contributed by atoms with van der Waals surface area (Å²) < 4.78 is 1.77. The van der Waals surface area contributed by atoms with E-state index in [4.69, 9.17) is 0 Å². The van der Waals surface area contributed by atoms with E-state index >= 15 is 0 Å². The number of nitrogens with zero attached hydrogens (tertiary/aromatic N) is 2. The van der Waals surface area contributed by atoms with Gasteiger partial charge in [0.1, 0.15) is 6.54 Å². The minimum Gasteiger partial charge on any atom is -0.352 e. The summed E-state index contributed by atoms with van der Waals surface area (Å²) in [6, 6.07) is 7.66. The van der Waals surface area contributed by atoms with E-state index in [-0.39, 0.29) is 18.5 Å². The molecule has 0 aliphatic heterocycles. The molecule has 1 aliphatic carbocycles. The predicted octanol–water partition coefficient (Wildman–Crippen LogP) is 3.14. The van der Waals surface area contributed by atoms with Gasteiger partial charge in [-0.2, -0.15) is 0 Å². The molecule has 0 bridgehead atoms. The second kappa shape index (κ2) is 9.04. The highest BCUT2D eigenvalue weighted by molar-refractivity contribution is 6.44. The van der Waals surface area contributed by atoms with E-state index in [9.17, 15) is 14.4 Å². The maximum Gasteiger partial charge on any atom is 0.295 e. The number of aromatic nitrogens is 1. The Kier molecular flexibility index (Phi) is 6.49. The number of para-hydroxylation sites is 1. The van der Waals surface area contributed by atoms with Crippen LogP contribution in [-0.2, 0) is 16.1 Å². The smallest absolute Gasteiger partial charge is 0.295 e. The van der Waals surface area contributed by atoms with E-state index in [1.807, 2.05) is 38.1 Å². The van der Waals surface area contributed by atoms with Crippen molar-refractivity contribution < 1.29 is 14.4 Å². The van der Waals surface area contributed by atoms with E-state index in [0.717, 1.165) is 31.2 Å². The molecule has 3 rings (SSSR count). The van der Waals surface area contributed by atoms with Gasteiger partial charge in [-0.1, -0.05) is 37.5 Å². The summed E-state index contributed by atoms with van der Waals surface area (Å²) >= 11 is 0. The highest BCUT2D eigenvalue weighted by Crippen LogP contribution is 2.23. The number of hydrogen-bond acceptors (Lipinski definition) is 3. The summed E-state index contributed by atoms with van der Waals surface area (Å²) in [4.78, 5) is 39.4. The van der Waals surface area contributed by atoms with Gasteiger partial charge in [-0.15, -0.1) is 0 Å². The lowest BCUT2D eigenvalue weighted by molar-refractivity contribution is -0.126. The first-order valence-electron chi connectivity index (χ1n) is 10.3. The molecule has 6 nitrogen and oxygen atoms in total. The summed E-state index contributed by atoms with van der Waals surface area (Å²) in [7, 11) is 0. The van der Waals surface area contributed by atoms with Gasteiger partial charge in [0.2, 0.25) is 5.91 Å². The first-order valence-corrected chi connectivity index (χ1v) is 10.3. The Morgan fingerprint density at radius 3 is 2.43 bits per heavy atom. The van der Waals surface area contributed by atoms with Crippen LogP contribution in [0.15, 0.2) is 30.5 Å². The molecule has 1 aliphatic rings. The van der Waals surface area contributed by atoms with Gasteiger partial charge in [-0.05, 0) is 32.8 Å². The van der Waals surface area contributed by atoms with Crippen molar-refractivity contribution in [2.45, 2.75) is 58.5 Å². The van der Waals surface area contributed by atoms with Crippen LogP contribution in [0, 0.1) is 0 Å². The third-order valence-corrected chi connectivity index (χ3v) is 5.56. The van der Waals surface area contributed by atoms with Crippen molar-refractivity contribution in [2.75, 3.05) is 13.1 Å². The lowest BCUT2D eigenvalue weighted by Crippen LogP contribution is -2.38. The molecule has 28 heavy (non-hydrogen) atoms. The SMILES string of the molecule is CCN(CC)C(=O)C(=O)c1cn(CC(=O)NC2CCCCC2)c2ccccc12. The van der Waals surface area contributed by atoms with Crippen LogP contribution in [0.5, 0.6) is 0 Å². The minimum atomic E-state index is -0.522. The Labute approximate surface area is 165 Å². The number of carbonyl (C=O) groups excluding carboxylic acids is 3. The van der Waals surface area contributed by atoms with Gasteiger partial charge in [-0.3, -0.25) is 14.4 Å². The molecule has 1 aromatic carbocycles. The zero-order chi connectivity index (χ0) is 20.1. The summed E-state index contributed by atoms with van der Waals surface area (Å²) in [6.07, 6.45) is 7.25. The first kappa shape index (κ1) is 20.1. The molecule has 1 aromatic heterocycles.